The van der Waals surface area contributed by atoms with E-state index in [9.17, 15) is 4.79 Å². The Morgan fingerprint density at radius 3 is 2.00 bits per heavy atom. The summed E-state index contributed by atoms with van der Waals surface area (Å²) >= 11 is 0. The van der Waals surface area contributed by atoms with Crippen molar-refractivity contribution < 1.29 is 18.1 Å². The standard InChI is InChI=1S/C21H26NO2/c1-22(2)15-13-19(14-16-22)24-21(23)20(17-9-5-3-6-10-17)18-11-7-4-8-12-18/h3-12,19-20H,13-16H2,1-2H3/q+1/i1D3. The Morgan fingerprint density at radius 1 is 1.04 bits per heavy atom. The molecule has 0 N–H and O–H groups in total. The lowest BCUT2D eigenvalue weighted by atomic mass is 9.91. The molecule has 2 aromatic rings. The van der Waals surface area contributed by atoms with E-state index in [4.69, 9.17) is 8.85 Å². The van der Waals surface area contributed by atoms with Gasteiger partial charge in [0.15, 0.2) is 0 Å². The summed E-state index contributed by atoms with van der Waals surface area (Å²) in [7, 11) is 1.75. The molecule has 0 spiro atoms. The first-order valence-electron chi connectivity index (χ1n) is 9.95. The number of piperidine rings is 1. The smallest absolute Gasteiger partial charge is 0.318 e. The van der Waals surface area contributed by atoms with Gasteiger partial charge in [-0.3, -0.25) is 4.79 Å². The molecule has 0 saturated carbocycles. The summed E-state index contributed by atoms with van der Waals surface area (Å²) in [5.74, 6) is -0.750. The van der Waals surface area contributed by atoms with Crippen molar-refractivity contribution in [2.24, 2.45) is 0 Å². The summed E-state index contributed by atoms with van der Waals surface area (Å²) in [6.45, 7) is -1.07. The van der Waals surface area contributed by atoms with Crippen molar-refractivity contribution >= 4 is 5.97 Å². The van der Waals surface area contributed by atoms with Crippen molar-refractivity contribution in [3.05, 3.63) is 71.8 Å². The maximum atomic E-state index is 13.0. The number of nitrogens with zero attached hydrogens (tertiary/aromatic N) is 1. The third kappa shape index (κ3) is 4.04. The van der Waals surface area contributed by atoms with Gasteiger partial charge in [-0.2, -0.15) is 0 Å². The van der Waals surface area contributed by atoms with Crippen LogP contribution in [0.3, 0.4) is 0 Å². The third-order valence-corrected chi connectivity index (χ3v) is 4.67. The molecule has 24 heavy (non-hydrogen) atoms. The van der Waals surface area contributed by atoms with Crippen LogP contribution in [0.4, 0.5) is 0 Å². The van der Waals surface area contributed by atoms with Gasteiger partial charge in [-0.05, 0) is 11.1 Å². The molecule has 0 aromatic heterocycles. The van der Waals surface area contributed by atoms with E-state index < -0.39 is 12.9 Å². The lowest BCUT2D eigenvalue weighted by Gasteiger charge is -2.37. The maximum Gasteiger partial charge on any atom is 0.318 e. The van der Waals surface area contributed by atoms with Gasteiger partial charge in [0.05, 0.1) is 31.2 Å². The van der Waals surface area contributed by atoms with Gasteiger partial charge in [0, 0.05) is 12.8 Å². The largest absolute Gasteiger partial charge is 0.461 e. The van der Waals surface area contributed by atoms with E-state index in [0.717, 1.165) is 11.1 Å². The van der Waals surface area contributed by atoms with Gasteiger partial charge in [0.1, 0.15) is 12.0 Å². The number of carbonyl (C=O) groups excluding carboxylic acids is 1. The highest BCUT2D eigenvalue weighted by molar-refractivity contribution is 5.82. The van der Waals surface area contributed by atoms with Gasteiger partial charge in [0.25, 0.3) is 0 Å². The fraction of sp³-hybridized carbons (Fsp3) is 0.381. The van der Waals surface area contributed by atoms with Crippen LogP contribution in [0.1, 0.15) is 34.0 Å². The summed E-state index contributed by atoms with van der Waals surface area (Å²) in [6, 6.07) is 19.2. The molecule has 0 unspecified atom stereocenters. The first-order chi connectivity index (χ1) is 12.8. The first-order valence-corrected chi connectivity index (χ1v) is 8.45. The second kappa shape index (κ2) is 7.18. The molecule has 0 radical (unpaired) electrons. The highest BCUT2D eigenvalue weighted by atomic mass is 16.5. The Kier molecular flexibility index (Phi) is 3.95. The van der Waals surface area contributed by atoms with E-state index in [2.05, 4.69) is 0 Å². The Morgan fingerprint density at radius 2 is 1.54 bits per heavy atom. The molecule has 1 heterocycles. The van der Waals surface area contributed by atoms with Crippen LogP contribution in [-0.4, -0.2) is 43.7 Å². The monoisotopic (exact) mass is 327 g/mol. The fourth-order valence-corrected chi connectivity index (χ4v) is 3.22. The van der Waals surface area contributed by atoms with Crippen LogP contribution in [0.15, 0.2) is 60.7 Å². The van der Waals surface area contributed by atoms with Crippen molar-refractivity contribution in [3.8, 4) is 0 Å². The molecule has 0 aliphatic carbocycles. The Labute approximate surface area is 148 Å². The highest BCUT2D eigenvalue weighted by Crippen LogP contribution is 2.28. The summed E-state index contributed by atoms with van der Waals surface area (Å²) in [5, 5.41) is 0. The Hall–Kier alpha value is -2.13. The second-order valence-corrected chi connectivity index (χ2v) is 6.73. The number of hydrogen-bond acceptors (Lipinski definition) is 2. The normalized spacial score (nSPS) is 26.2. The van der Waals surface area contributed by atoms with Crippen molar-refractivity contribution in [2.75, 3.05) is 27.1 Å². The minimum Gasteiger partial charge on any atom is -0.461 e. The lowest BCUT2D eigenvalue weighted by molar-refractivity contribution is -0.896. The van der Waals surface area contributed by atoms with E-state index in [-0.39, 0.29) is 16.6 Å². The fourth-order valence-electron chi connectivity index (χ4n) is 3.22. The quantitative estimate of drug-likeness (QED) is 0.633. The number of carbonyl (C=O) groups is 1. The molecule has 1 aliphatic heterocycles. The van der Waals surface area contributed by atoms with Gasteiger partial charge < -0.3 is 9.22 Å². The lowest BCUT2D eigenvalue weighted by Crippen LogP contribution is -2.48. The molecular formula is C21H26NO2+. The molecule has 3 nitrogen and oxygen atoms in total. The summed E-state index contributed by atoms with van der Waals surface area (Å²) in [5.41, 5.74) is 1.79. The Bertz CT molecular complexity index is 715. The van der Waals surface area contributed by atoms with Gasteiger partial charge >= 0.3 is 5.97 Å². The van der Waals surface area contributed by atoms with Crippen LogP contribution in [0.2, 0.25) is 0 Å². The highest BCUT2D eigenvalue weighted by Gasteiger charge is 2.31. The SMILES string of the molecule is [2H]C([2H])([2H])[N+]1(C)CCC(OC(=O)C(c2ccccc2)c2ccccc2)CC1. The van der Waals surface area contributed by atoms with E-state index in [1.165, 1.54) is 0 Å². The molecule has 126 valence electrons. The predicted octanol–water partition coefficient (Wildman–Crippen LogP) is 3.60. The molecule has 1 aliphatic rings. The number of quaternary nitrogens is 1. The summed E-state index contributed by atoms with van der Waals surface area (Å²) < 4.78 is 29.0. The number of rotatable bonds is 4. The molecule has 0 atom stereocenters. The zero-order valence-corrected chi connectivity index (χ0v) is 14.0. The molecule has 1 saturated heterocycles. The average Bonchev–Trinajstić information content (AvgIpc) is 2.65. The minimum absolute atomic E-state index is 0.0296. The van der Waals surface area contributed by atoms with Crippen LogP contribution in [-0.2, 0) is 9.53 Å². The minimum atomic E-state index is -2.04. The zero-order chi connectivity index (χ0) is 19.5. The van der Waals surface area contributed by atoms with Crippen LogP contribution < -0.4 is 0 Å². The molecule has 0 bridgehead atoms. The maximum absolute atomic E-state index is 13.0. The van der Waals surface area contributed by atoms with Gasteiger partial charge in [-0.25, -0.2) is 0 Å². The zero-order valence-electron chi connectivity index (χ0n) is 17.0. The molecular weight excluding hydrogens is 298 g/mol. The van der Waals surface area contributed by atoms with E-state index in [0.29, 0.717) is 25.9 Å². The molecule has 3 heteroatoms. The molecule has 0 amide bonds. The van der Waals surface area contributed by atoms with E-state index in [1.54, 1.807) is 7.05 Å². The van der Waals surface area contributed by atoms with Crippen LogP contribution >= 0.6 is 0 Å². The third-order valence-electron chi connectivity index (χ3n) is 4.67. The Balaban J connectivity index is 1.73. The van der Waals surface area contributed by atoms with Crippen molar-refractivity contribution in [1.82, 2.24) is 0 Å². The van der Waals surface area contributed by atoms with Crippen molar-refractivity contribution in [1.29, 1.82) is 0 Å². The van der Waals surface area contributed by atoms with Crippen molar-refractivity contribution in [2.45, 2.75) is 24.9 Å². The topological polar surface area (TPSA) is 26.3 Å². The van der Waals surface area contributed by atoms with Crippen LogP contribution in [0.25, 0.3) is 0 Å². The van der Waals surface area contributed by atoms with Gasteiger partial charge in [-0.15, -0.1) is 0 Å². The van der Waals surface area contributed by atoms with Crippen molar-refractivity contribution in [3.63, 3.8) is 0 Å². The first kappa shape index (κ1) is 13.2. The van der Waals surface area contributed by atoms with Gasteiger partial charge in [0.2, 0.25) is 0 Å². The van der Waals surface area contributed by atoms with Crippen LogP contribution in [0.5, 0.6) is 0 Å². The number of benzene rings is 2. The van der Waals surface area contributed by atoms with E-state index in [1.807, 2.05) is 60.7 Å². The second-order valence-electron chi connectivity index (χ2n) is 6.73. The number of esters is 1. The average molecular weight is 327 g/mol. The van der Waals surface area contributed by atoms with E-state index >= 15 is 0 Å². The molecule has 2 aromatic carbocycles. The molecule has 3 rings (SSSR count). The number of hydrogen-bond donors (Lipinski definition) is 0. The predicted molar refractivity (Wildman–Crippen MR) is 95.7 cm³/mol. The van der Waals surface area contributed by atoms with Gasteiger partial charge in [-0.1, -0.05) is 60.7 Å². The number of ether oxygens (including phenoxy) is 1. The number of likely N-dealkylation sites (tertiary alicyclic amines) is 1. The summed E-state index contributed by atoms with van der Waals surface area (Å²) in [6.07, 6.45) is 0.898. The molecule has 1 fully saturated rings. The summed E-state index contributed by atoms with van der Waals surface area (Å²) in [4.78, 5) is 13.0. The van der Waals surface area contributed by atoms with Crippen LogP contribution in [0, 0.1) is 0 Å².